The van der Waals surface area contributed by atoms with Gasteiger partial charge in [0.05, 0.1) is 18.8 Å². The summed E-state index contributed by atoms with van der Waals surface area (Å²) in [4.78, 5) is 2.36. The van der Waals surface area contributed by atoms with E-state index in [9.17, 15) is 0 Å². The third-order valence-corrected chi connectivity index (χ3v) is 4.51. The molecule has 3 nitrogen and oxygen atoms in total. The van der Waals surface area contributed by atoms with Gasteiger partial charge in [-0.1, -0.05) is 35.3 Å². The van der Waals surface area contributed by atoms with Crippen molar-refractivity contribution in [2.45, 2.75) is 6.92 Å². The minimum atomic E-state index is 0.748. The van der Waals surface area contributed by atoms with Crippen molar-refractivity contribution in [3.8, 4) is 0 Å². The number of hydrogen-bond donors (Lipinski definition) is 0. The fourth-order valence-corrected chi connectivity index (χ4v) is 2.92. The highest BCUT2D eigenvalue weighted by Gasteiger charge is 2.16. The summed E-state index contributed by atoms with van der Waals surface area (Å²) in [5, 5.41) is 8.39. The van der Waals surface area contributed by atoms with Crippen molar-refractivity contribution in [1.82, 2.24) is 5.01 Å². The Morgan fingerprint density at radius 2 is 1.35 bits per heavy atom. The Morgan fingerprint density at radius 3 is 1.91 bits per heavy atom. The van der Waals surface area contributed by atoms with E-state index in [1.54, 1.807) is 0 Å². The highest BCUT2D eigenvalue weighted by Crippen LogP contribution is 2.19. The average molecular weight is 348 g/mol. The molecule has 1 fully saturated rings. The number of halogens is 2. The van der Waals surface area contributed by atoms with Gasteiger partial charge < -0.3 is 4.90 Å². The standard InChI is InChI=1S/C18H19Cl2N3/c1-14(15-2-4-16(19)5-3-15)21-23-12-10-22(11-13-23)18-8-6-17(20)7-9-18/h2-9H,10-13H2,1H3/b21-14-. The van der Waals surface area contributed by atoms with E-state index in [0.29, 0.717) is 0 Å². The first-order valence-corrected chi connectivity index (χ1v) is 8.44. The van der Waals surface area contributed by atoms with E-state index in [4.69, 9.17) is 28.3 Å². The van der Waals surface area contributed by atoms with Crippen molar-refractivity contribution in [2.24, 2.45) is 5.10 Å². The zero-order chi connectivity index (χ0) is 16.2. The Balaban J connectivity index is 1.61. The topological polar surface area (TPSA) is 18.8 Å². The second-order valence-electron chi connectivity index (χ2n) is 5.61. The van der Waals surface area contributed by atoms with Gasteiger partial charge in [0.25, 0.3) is 0 Å². The van der Waals surface area contributed by atoms with Crippen LogP contribution in [0.2, 0.25) is 10.0 Å². The zero-order valence-corrected chi connectivity index (χ0v) is 14.6. The lowest BCUT2D eigenvalue weighted by Crippen LogP contribution is -2.44. The molecule has 0 aromatic heterocycles. The molecular weight excluding hydrogens is 329 g/mol. The highest BCUT2D eigenvalue weighted by molar-refractivity contribution is 6.30. The molecule has 23 heavy (non-hydrogen) atoms. The molecule has 0 bridgehead atoms. The van der Waals surface area contributed by atoms with E-state index in [-0.39, 0.29) is 0 Å². The Morgan fingerprint density at radius 1 is 0.826 bits per heavy atom. The molecule has 0 N–H and O–H groups in total. The van der Waals surface area contributed by atoms with Crippen LogP contribution in [0.5, 0.6) is 0 Å². The minimum absolute atomic E-state index is 0.748. The molecule has 1 saturated heterocycles. The molecule has 0 atom stereocenters. The summed E-state index contributed by atoms with van der Waals surface area (Å²) in [5.41, 5.74) is 3.34. The molecule has 1 heterocycles. The van der Waals surface area contributed by atoms with Gasteiger partial charge >= 0.3 is 0 Å². The maximum atomic E-state index is 5.95. The van der Waals surface area contributed by atoms with Gasteiger partial charge in [-0.05, 0) is 48.9 Å². The normalized spacial score (nSPS) is 15.9. The minimum Gasteiger partial charge on any atom is -0.368 e. The molecule has 0 spiro atoms. The van der Waals surface area contributed by atoms with E-state index < -0.39 is 0 Å². The lowest BCUT2D eigenvalue weighted by atomic mass is 10.1. The van der Waals surface area contributed by atoms with Gasteiger partial charge in [0.2, 0.25) is 0 Å². The van der Waals surface area contributed by atoms with Crippen LogP contribution in [0.1, 0.15) is 12.5 Å². The maximum Gasteiger partial charge on any atom is 0.0646 e. The number of benzene rings is 2. The van der Waals surface area contributed by atoms with E-state index in [1.165, 1.54) is 5.69 Å². The quantitative estimate of drug-likeness (QED) is 0.759. The predicted molar refractivity (Wildman–Crippen MR) is 98.9 cm³/mol. The summed E-state index contributed by atoms with van der Waals surface area (Å²) in [6.07, 6.45) is 0. The first-order chi connectivity index (χ1) is 11.1. The highest BCUT2D eigenvalue weighted by atomic mass is 35.5. The van der Waals surface area contributed by atoms with Crippen molar-refractivity contribution in [3.63, 3.8) is 0 Å². The molecule has 0 radical (unpaired) electrons. The van der Waals surface area contributed by atoms with Crippen molar-refractivity contribution in [1.29, 1.82) is 0 Å². The second-order valence-corrected chi connectivity index (χ2v) is 6.48. The van der Waals surface area contributed by atoms with Crippen LogP contribution >= 0.6 is 23.2 Å². The van der Waals surface area contributed by atoms with Gasteiger partial charge in [-0.25, -0.2) is 0 Å². The monoisotopic (exact) mass is 347 g/mol. The molecular formula is C18H19Cl2N3. The molecule has 0 aliphatic carbocycles. The van der Waals surface area contributed by atoms with Crippen LogP contribution in [-0.4, -0.2) is 36.9 Å². The predicted octanol–water partition coefficient (Wildman–Crippen LogP) is 4.54. The first-order valence-electron chi connectivity index (χ1n) is 7.68. The summed E-state index contributed by atoms with van der Waals surface area (Å²) in [6.45, 7) is 5.77. The number of hydrogen-bond acceptors (Lipinski definition) is 3. The van der Waals surface area contributed by atoms with Crippen molar-refractivity contribution in [3.05, 3.63) is 64.1 Å². The Bertz CT molecular complexity index is 672. The van der Waals surface area contributed by atoms with Gasteiger partial charge in [0.1, 0.15) is 0 Å². The summed E-state index contributed by atoms with van der Waals surface area (Å²) in [6, 6.07) is 15.8. The van der Waals surface area contributed by atoms with Crippen LogP contribution in [0.3, 0.4) is 0 Å². The molecule has 1 aliphatic rings. The van der Waals surface area contributed by atoms with Crippen molar-refractivity contribution < 1.29 is 0 Å². The first kappa shape index (κ1) is 16.2. The fourth-order valence-electron chi connectivity index (χ4n) is 2.67. The van der Waals surface area contributed by atoms with E-state index in [0.717, 1.165) is 47.5 Å². The van der Waals surface area contributed by atoms with Gasteiger partial charge in [0, 0.05) is 28.8 Å². The van der Waals surface area contributed by atoms with E-state index in [2.05, 4.69) is 22.0 Å². The molecule has 0 unspecified atom stereocenters. The summed E-state index contributed by atoms with van der Waals surface area (Å²) in [5.74, 6) is 0. The molecule has 3 rings (SSSR count). The molecule has 120 valence electrons. The maximum absolute atomic E-state index is 5.95. The molecule has 5 heteroatoms. The van der Waals surface area contributed by atoms with E-state index >= 15 is 0 Å². The zero-order valence-electron chi connectivity index (χ0n) is 13.0. The molecule has 2 aromatic rings. The van der Waals surface area contributed by atoms with Gasteiger partial charge in [-0.15, -0.1) is 0 Å². The van der Waals surface area contributed by atoms with Crippen LogP contribution in [0.4, 0.5) is 5.69 Å². The number of hydrazone groups is 1. The van der Waals surface area contributed by atoms with Crippen LogP contribution in [-0.2, 0) is 0 Å². The van der Waals surface area contributed by atoms with Crippen LogP contribution in [0.15, 0.2) is 53.6 Å². The lowest BCUT2D eigenvalue weighted by molar-refractivity contribution is 0.270. The fraction of sp³-hybridized carbons (Fsp3) is 0.278. The van der Waals surface area contributed by atoms with Crippen LogP contribution in [0, 0.1) is 0 Å². The summed E-state index contributed by atoms with van der Waals surface area (Å²) < 4.78 is 0. The van der Waals surface area contributed by atoms with E-state index in [1.807, 2.05) is 43.3 Å². The third-order valence-electron chi connectivity index (χ3n) is 4.00. The number of anilines is 1. The molecule has 1 aliphatic heterocycles. The number of nitrogens with zero attached hydrogens (tertiary/aromatic N) is 3. The van der Waals surface area contributed by atoms with Crippen LogP contribution in [0.25, 0.3) is 0 Å². The van der Waals surface area contributed by atoms with Gasteiger partial charge in [-0.3, -0.25) is 5.01 Å². The Hall–Kier alpha value is -1.71. The smallest absolute Gasteiger partial charge is 0.0646 e. The summed E-state index contributed by atoms with van der Waals surface area (Å²) in [7, 11) is 0. The number of rotatable bonds is 3. The third kappa shape index (κ3) is 4.18. The SMILES string of the molecule is C/C(=N/N1CCN(c2ccc(Cl)cc2)CC1)c1ccc(Cl)cc1. The number of piperazine rings is 1. The molecule has 0 saturated carbocycles. The molecule has 2 aromatic carbocycles. The largest absolute Gasteiger partial charge is 0.368 e. The van der Waals surface area contributed by atoms with Crippen molar-refractivity contribution >= 4 is 34.6 Å². The van der Waals surface area contributed by atoms with Gasteiger partial charge in [-0.2, -0.15) is 5.10 Å². The Kier molecular flexibility index (Phi) is 5.09. The molecule has 0 amide bonds. The Labute approximate surface area is 147 Å². The summed E-state index contributed by atoms with van der Waals surface area (Å²) >= 11 is 11.9. The van der Waals surface area contributed by atoms with Gasteiger partial charge in [0.15, 0.2) is 0 Å². The van der Waals surface area contributed by atoms with Crippen molar-refractivity contribution in [2.75, 3.05) is 31.1 Å². The average Bonchev–Trinajstić information content (AvgIpc) is 2.57. The second kappa shape index (κ2) is 7.24. The lowest BCUT2D eigenvalue weighted by Gasteiger charge is -2.35. The van der Waals surface area contributed by atoms with Crippen LogP contribution < -0.4 is 4.90 Å².